The Bertz CT molecular complexity index is 983. The second-order valence-electron chi connectivity index (χ2n) is 6.10. The molecule has 0 radical (unpaired) electrons. The number of rotatable bonds is 5. The van der Waals surface area contributed by atoms with Crippen molar-refractivity contribution in [3.63, 3.8) is 0 Å². The van der Waals surface area contributed by atoms with Crippen molar-refractivity contribution >= 4 is 41.0 Å². The van der Waals surface area contributed by atoms with Crippen molar-refractivity contribution in [2.24, 2.45) is 5.10 Å². The molecule has 0 spiro atoms. The summed E-state index contributed by atoms with van der Waals surface area (Å²) in [6, 6.07) is 9.10. The normalized spacial score (nSPS) is 15.2. The molecule has 8 nitrogen and oxygen atoms in total. The number of ketones is 1. The molecule has 3 rings (SSSR count). The summed E-state index contributed by atoms with van der Waals surface area (Å²) in [7, 11) is 3.64. The minimum absolute atomic E-state index is 0.0186. The molecule has 8 heteroatoms. The SMILES string of the molecule is CC(=O)C1=NN(c2ccc(C(=O)O)cc2)C(=O)C1=Cc1ccc(N(C)C)o1. The van der Waals surface area contributed by atoms with Crippen molar-refractivity contribution in [2.75, 3.05) is 24.0 Å². The zero-order valence-corrected chi connectivity index (χ0v) is 15.0. The average molecular weight is 367 g/mol. The highest BCUT2D eigenvalue weighted by Gasteiger charge is 2.33. The lowest BCUT2D eigenvalue weighted by Gasteiger charge is -2.11. The molecule has 0 atom stereocenters. The van der Waals surface area contributed by atoms with E-state index in [-0.39, 0.29) is 22.6 Å². The van der Waals surface area contributed by atoms with Gasteiger partial charge in [0.25, 0.3) is 5.91 Å². The van der Waals surface area contributed by atoms with E-state index in [0.717, 1.165) is 5.01 Å². The number of nitrogens with zero attached hydrogens (tertiary/aromatic N) is 3. The van der Waals surface area contributed by atoms with Crippen molar-refractivity contribution in [3.05, 3.63) is 53.3 Å². The molecular weight excluding hydrogens is 350 g/mol. The summed E-state index contributed by atoms with van der Waals surface area (Å²) in [4.78, 5) is 37.5. The van der Waals surface area contributed by atoms with Crippen LogP contribution in [0.3, 0.4) is 0 Å². The molecule has 1 N–H and O–H groups in total. The van der Waals surface area contributed by atoms with Crippen LogP contribution in [0.4, 0.5) is 11.6 Å². The fourth-order valence-electron chi connectivity index (χ4n) is 2.53. The number of carboxylic acid groups (broad SMARTS) is 1. The lowest BCUT2D eigenvalue weighted by molar-refractivity contribution is -0.114. The van der Waals surface area contributed by atoms with Gasteiger partial charge in [0.1, 0.15) is 11.5 Å². The monoisotopic (exact) mass is 367 g/mol. The number of amides is 1. The fraction of sp³-hybridized carbons (Fsp3) is 0.158. The second kappa shape index (κ2) is 6.91. The van der Waals surface area contributed by atoms with E-state index in [2.05, 4.69) is 5.10 Å². The lowest BCUT2D eigenvalue weighted by atomic mass is 10.1. The minimum atomic E-state index is -1.07. The first-order valence-corrected chi connectivity index (χ1v) is 8.04. The topological polar surface area (TPSA) is 103 Å². The first-order chi connectivity index (χ1) is 12.8. The van der Waals surface area contributed by atoms with Gasteiger partial charge in [-0.2, -0.15) is 10.1 Å². The largest absolute Gasteiger partial charge is 0.478 e. The molecule has 1 amide bonds. The van der Waals surface area contributed by atoms with Crippen LogP contribution in [0.5, 0.6) is 0 Å². The van der Waals surface area contributed by atoms with Crippen LogP contribution in [0.1, 0.15) is 23.0 Å². The van der Waals surface area contributed by atoms with Crippen LogP contribution in [0.25, 0.3) is 6.08 Å². The number of carbonyl (C=O) groups is 3. The molecule has 0 aliphatic carbocycles. The van der Waals surface area contributed by atoms with Gasteiger partial charge in [0.15, 0.2) is 11.7 Å². The van der Waals surface area contributed by atoms with Crippen LogP contribution >= 0.6 is 0 Å². The maximum Gasteiger partial charge on any atom is 0.335 e. The number of Topliss-reactive ketones (excluding diaryl/α,β-unsaturated/α-hetero) is 1. The molecule has 2 aromatic rings. The van der Waals surface area contributed by atoms with Crippen LogP contribution in [0.2, 0.25) is 0 Å². The van der Waals surface area contributed by atoms with Crippen molar-refractivity contribution in [1.82, 2.24) is 0 Å². The fourth-order valence-corrected chi connectivity index (χ4v) is 2.53. The number of hydrogen-bond donors (Lipinski definition) is 1. The summed E-state index contributed by atoms with van der Waals surface area (Å²) >= 11 is 0. The summed E-state index contributed by atoms with van der Waals surface area (Å²) in [5.74, 6) is -0.907. The molecule has 1 aromatic heterocycles. The number of benzene rings is 1. The Morgan fingerprint density at radius 2 is 1.81 bits per heavy atom. The summed E-state index contributed by atoms with van der Waals surface area (Å²) in [5.41, 5.74) is 0.582. The Hall–Kier alpha value is -3.68. The molecule has 27 heavy (non-hydrogen) atoms. The Kier molecular flexibility index (Phi) is 4.64. The molecule has 1 aliphatic heterocycles. The minimum Gasteiger partial charge on any atom is -0.478 e. The van der Waals surface area contributed by atoms with E-state index in [9.17, 15) is 14.4 Å². The van der Waals surface area contributed by atoms with E-state index in [1.165, 1.54) is 37.3 Å². The van der Waals surface area contributed by atoms with E-state index in [4.69, 9.17) is 9.52 Å². The van der Waals surface area contributed by atoms with Crippen LogP contribution in [-0.4, -0.2) is 42.6 Å². The van der Waals surface area contributed by atoms with Gasteiger partial charge in [0, 0.05) is 27.1 Å². The second-order valence-corrected chi connectivity index (χ2v) is 6.10. The van der Waals surface area contributed by atoms with Crippen LogP contribution in [0, 0.1) is 0 Å². The van der Waals surface area contributed by atoms with Crippen LogP contribution < -0.4 is 9.91 Å². The third kappa shape index (κ3) is 3.50. The predicted molar refractivity (Wildman–Crippen MR) is 100 cm³/mol. The van der Waals surface area contributed by atoms with E-state index in [1.807, 2.05) is 14.1 Å². The predicted octanol–water partition coefficient (Wildman–Crippen LogP) is 2.42. The highest BCUT2D eigenvalue weighted by atomic mass is 16.4. The molecular formula is C19H17N3O5. The number of furan rings is 1. The zero-order chi connectivity index (χ0) is 19.7. The van der Waals surface area contributed by atoms with Gasteiger partial charge in [0.05, 0.1) is 16.8 Å². The molecule has 0 bridgehead atoms. The molecule has 0 saturated heterocycles. The van der Waals surface area contributed by atoms with Gasteiger partial charge in [-0.1, -0.05) is 0 Å². The van der Waals surface area contributed by atoms with Gasteiger partial charge in [-0.25, -0.2) is 4.79 Å². The molecule has 0 saturated carbocycles. The maximum atomic E-state index is 12.8. The first kappa shape index (κ1) is 18.1. The summed E-state index contributed by atoms with van der Waals surface area (Å²) in [6.07, 6.45) is 1.47. The third-order valence-electron chi connectivity index (χ3n) is 3.91. The smallest absolute Gasteiger partial charge is 0.335 e. The Morgan fingerprint density at radius 1 is 1.15 bits per heavy atom. The van der Waals surface area contributed by atoms with E-state index < -0.39 is 11.9 Å². The molecule has 1 aliphatic rings. The number of aromatic carboxylic acids is 1. The van der Waals surface area contributed by atoms with Gasteiger partial charge in [-0.05, 0) is 36.4 Å². The lowest BCUT2D eigenvalue weighted by Crippen LogP contribution is -2.21. The average Bonchev–Trinajstić information content (AvgIpc) is 3.21. The van der Waals surface area contributed by atoms with Gasteiger partial charge < -0.3 is 14.4 Å². The number of hydrazone groups is 1. The summed E-state index contributed by atoms with van der Waals surface area (Å²) < 4.78 is 5.61. The van der Waals surface area contributed by atoms with Gasteiger partial charge >= 0.3 is 5.97 Å². The first-order valence-electron chi connectivity index (χ1n) is 8.04. The maximum absolute atomic E-state index is 12.8. The highest BCUT2D eigenvalue weighted by molar-refractivity contribution is 6.55. The summed E-state index contributed by atoms with van der Waals surface area (Å²) in [6.45, 7) is 1.32. The molecule has 1 aromatic carbocycles. The zero-order valence-electron chi connectivity index (χ0n) is 15.0. The van der Waals surface area contributed by atoms with Crippen molar-refractivity contribution in [2.45, 2.75) is 6.92 Å². The van der Waals surface area contributed by atoms with E-state index >= 15 is 0 Å². The Labute approximate surface area is 155 Å². The molecule has 0 unspecified atom stereocenters. The third-order valence-corrected chi connectivity index (χ3v) is 3.91. The van der Waals surface area contributed by atoms with Gasteiger partial charge in [0.2, 0.25) is 0 Å². The van der Waals surface area contributed by atoms with E-state index in [1.54, 1.807) is 17.0 Å². The number of anilines is 2. The van der Waals surface area contributed by atoms with Crippen molar-refractivity contribution in [1.29, 1.82) is 0 Å². The number of carboxylic acids is 1. The van der Waals surface area contributed by atoms with Crippen LogP contribution in [-0.2, 0) is 9.59 Å². The highest BCUT2D eigenvalue weighted by Crippen LogP contribution is 2.27. The molecule has 0 fully saturated rings. The van der Waals surface area contributed by atoms with E-state index in [0.29, 0.717) is 17.3 Å². The number of hydrogen-bond acceptors (Lipinski definition) is 6. The Morgan fingerprint density at radius 3 is 2.33 bits per heavy atom. The van der Waals surface area contributed by atoms with Crippen molar-refractivity contribution < 1.29 is 23.9 Å². The quantitative estimate of drug-likeness (QED) is 0.814. The summed E-state index contributed by atoms with van der Waals surface area (Å²) in [5, 5.41) is 14.2. The standard InChI is InChI=1S/C19H17N3O5/c1-11(23)17-15(10-14-8-9-16(27-14)21(2)3)18(24)22(20-17)13-6-4-12(5-7-13)19(25)26/h4-10H,1-3H3,(H,25,26). The molecule has 138 valence electrons. The van der Waals surface area contributed by atoms with Gasteiger partial charge in [-0.3, -0.25) is 9.59 Å². The van der Waals surface area contributed by atoms with Crippen LogP contribution in [0.15, 0.2) is 51.5 Å². The van der Waals surface area contributed by atoms with Gasteiger partial charge in [-0.15, -0.1) is 0 Å². The molecule has 2 heterocycles. The van der Waals surface area contributed by atoms with Crippen molar-refractivity contribution in [3.8, 4) is 0 Å². The Balaban J connectivity index is 1.97. The number of carbonyl (C=O) groups excluding carboxylic acids is 2.